The predicted octanol–water partition coefficient (Wildman–Crippen LogP) is 2.33. The Balaban J connectivity index is 1.55. The number of ether oxygens (including phenoxy) is 1. The van der Waals surface area contributed by atoms with Crippen molar-refractivity contribution in [1.29, 1.82) is 0 Å². The van der Waals surface area contributed by atoms with E-state index in [2.05, 4.69) is 22.4 Å². The molecule has 5 nitrogen and oxygen atoms in total. The van der Waals surface area contributed by atoms with E-state index in [-0.39, 0.29) is 5.41 Å². The topological polar surface area (TPSA) is 60.2 Å². The molecule has 5 heteroatoms. The zero-order chi connectivity index (χ0) is 14.5. The highest BCUT2D eigenvalue weighted by Gasteiger charge is 2.34. The molecule has 2 aromatic rings. The first-order chi connectivity index (χ1) is 10.3. The van der Waals surface area contributed by atoms with Crippen LogP contribution in [0, 0.1) is 0 Å². The third kappa shape index (κ3) is 3.42. The summed E-state index contributed by atoms with van der Waals surface area (Å²) in [4.78, 5) is 4.55. The van der Waals surface area contributed by atoms with Crippen molar-refractivity contribution >= 4 is 0 Å². The fraction of sp³-hybridized carbons (Fsp3) is 0.500. The number of aromatic nitrogens is 2. The number of nitrogens with zero attached hydrogens (tertiary/aromatic N) is 2. The van der Waals surface area contributed by atoms with Gasteiger partial charge in [0.05, 0.1) is 6.61 Å². The fourth-order valence-electron chi connectivity index (χ4n) is 2.57. The molecule has 1 aliphatic rings. The Morgan fingerprint density at radius 2 is 2.00 bits per heavy atom. The standard InChI is InChI=1S/C16H21N3O2/c1-16(8-10-17-11-9-16)15-18-14(19-21-15)7-12-20-13-5-3-2-4-6-13/h2-6,17H,7-12H2,1H3. The van der Waals surface area contributed by atoms with Gasteiger partial charge in [-0.05, 0) is 38.1 Å². The van der Waals surface area contributed by atoms with Crippen molar-refractivity contribution in [3.05, 3.63) is 42.0 Å². The molecular weight excluding hydrogens is 266 g/mol. The van der Waals surface area contributed by atoms with Crippen LogP contribution in [-0.4, -0.2) is 29.8 Å². The van der Waals surface area contributed by atoms with Crippen LogP contribution in [0.4, 0.5) is 0 Å². The molecule has 2 heterocycles. The van der Waals surface area contributed by atoms with Gasteiger partial charge < -0.3 is 14.6 Å². The number of piperidine rings is 1. The van der Waals surface area contributed by atoms with Gasteiger partial charge in [-0.3, -0.25) is 0 Å². The molecule has 1 saturated heterocycles. The zero-order valence-electron chi connectivity index (χ0n) is 12.3. The van der Waals surface area contributed by atoms with Crippen LogP contribution < -0.4 is 10.1 Å². The lowest BCUT2D eigenvalue weighted by Gasteiger charge is -2.30. The maximum absolute atomic E-state index is 5.66. The average molecular weight is 287 g/mol. The monoisotopic (exact) mass is 287 g/mol. The molecule has 0 bridgehead atoms. The average Bonchev–Trinajstić information content (AvgIpc) is 2.99. The van der Waals surface area contributed by atoms with E-state index in [0.29, 0.717) is 13.0 Å². The molecule has 21 heavy (non-hydrogen) atoms. The molecule has 0 amide bonds. The fourth-order valence-corrected chi connectivity index (χ4v) is 2.57. The van der Waals surface area contributed by atoms with Crippen molar-refractivity contribution in [1.82, 2.24) is 15.5 Å². The lowest BCUT2D eigenvalue weighted by molar-refractivity contribution is 0.240. The van der Waals surface area contributed by atoms with Crippen LogP contribution >= 0.6 is 0 Å². The van der Waals surface area contributed by atoms with Crippen molar-refractivity contribution in [3.63, 3.8) is 0 Å². The summed E-state index contributed by atoms with van der Waals surface area (Å²) in [5, 5.41) is 7.44. The Morgan fingerprint density at radius 3 is 2.76 bits per heavy atom. The van der Waals surface area contributed by atoms with E-state index in [9.17, 15) is 0 Å². The van der Waals surface area contributed by atoms with Gasteiger partial charge in [0.15, 0.2) is 5.82 Å². The van der Waals surface area contributed by atoms with Crippen LogP contribution in [0.3, 0.4) is 0 Å². The Morgan fingerprint density at radius 1 is 1.24 bits per heavy atom. The first kappa shape index (κ1) is 14.1. The SMILES string of the molecule is CC1(c2nc(CCOc3ccccc3)no2)CCNCC1. The largest absolute Gasteiger partial charge is 0.493 e. The highest BCUT2D eigenvalue weighted by molar-refractivity contribution is 5.20. The molecular formula is C16H21N3O2. The molecule has 1 N–H and O–H groups in total. The van der Waals surface area contributed by atoms with Gasteiger partial charge in [0.25, 0.3) is 0 Å². The second-order valence-corrected chi connectivity index (χ2v) is 5.74. The second-order valence-electron chi connectivity index (χ2n) is 5.74. The third-order valence-electron chi connectivity index (χ3n) is 4.03. The van der Waals surface area contributed by atoms with Crippen LogP contribution in [0.15, 0.2) is 34.9 Å². The number of rotatable bonds is 5. The van der Waals surface area contributed by atoms with E-state index in [1.54, 1.807) is 0 Å². The van der Waals surface area contributed by atoms with Gasteiger partial charge in [-0.2, -0.15) is 4.98 Å². The van der Waals surface area contributed by atoms with Gasteiger partial charge in [-0.25, -0.2) is 0 Å². The summed E-state index contributed by atoms with van der Waals surface area (Å²) in [5.41, 5.74) is 0.0107. The van der Waals surface area contributed by atoms with Gasteiger partial charge in [0, 0.05) is 11.8 Å². The molecule has 0 spiro atoms. The van der Waals surface area contributed by atoms with E-state index in [4.69, 9.17) is 9.26 Å². The van der Waals surface area contributed by atoms with Gasteiger partial charge >= 0.3 is 0 Å². The lowest BCUT2D eigenvalue weighted by Crippen LogP contribution is -2.37. The van der Waals surface area contributed by atoms with Crippen molar-refractivity contribution in [2.45, 2.75) is 31.6 Å². The smallest absolute Gasteiger partial charge is 0.232 e. The molecule has 1 fully saturated rings. The summed E-state index contributed by atoms with van der Waals surface area (Å²) < 4.78 is 11.1. The number of nitrogens with one attached hydrogen (secondary N) is 1. The molecule has 112 valence electrons. The molecule has 1 aliphatic heterocycles. The first-order valence-electron chi connectivity index (χ1n) is 7.48. The summed E-state index contributed by atoms with van der Waals surface area (Å²) in [5.74, 6) is 2.35. The van der Waals surface area contributed by atoms with Crippen LogP contribution in [0.2, 0.25) is 0 Å². The van der Waals surface area contributed by atoms with E-state index in [0.717, 1.165) is 43.4 Å². The zero-order valence-corrected chi connectivity index (χ0v) is 12.3. The predicted molar refractivity (Wildman–Crippen MR) is 79.4 cm³/mol. The molecule has 0 unspecified atom stereocenters. The molecule has 1 aromatic heterocycles. The molecule has 0 saturated carbocycles. The van der Waals surface area contributed by atoms with Crippen LogP contribution in [0.5, 0.6) is 5.75 Å². The summed E-state index contributed by atoms with van der Waals surface area (Å²) >= 11 is 0. The van der Waals surface area contributed by atoms with Gasteiger partial charge in [0.1, 0.15) is 5.75 Å². The quantitative estimate of drug-likeness (QED) is 0.914. The van der Waals surface area contributed by atoms with Crippen molar-refractivity contribution in [3.8, 4) is 5.75 Å². The summed E-state index contributed by atoms with van der Waals surface area (Å²) in [6.45, 7) is 4.77. The molecule has 1 aromatic carbocycles. The minimum absolute atomic E-state index is 0.0107. The number of hydrogen-bond acceptors (Lipinski definition) is 5. The van der Waals surface area contributed by atoms with Gasteiger partial charge in [0.2, 0.25) is 5.89 Å². The number of hydrogen-bond donors (Lipinski definition) is 1. The van der Waals surface area contributed by atoms with Crippen LogP contribution in [-0.2, 0) is 11.8 Å². The molecule has 0 radical (unpaired) electrons. The van der Waals surface area contributed by atoms with Gasteiger partial charge in [-0.15, -0.1) is 0 Å². The summed E-state index contributed by atoms with van der Waals surface area (Å²) in [6.07, 6.45) is 2.73. The molecule has 3 rings (SSSR count). The molecule has 0 aliphatic carbocycles. The first-order valence-corrected chi connectivity index (χ1v) is 7.48. The van der Waals surface area contributed by atoms with Crippen molar-refractivity contribution in [2.24, 2.45) is 0 Å². The van der Waals surface area contributed by atoms with E-state index >= 15 is 0 Å². The lowest BCUT2D eigenvalue weighted by atomic mass is 9.81. The highest BCUT2D eigenvalue weighted by atomic mass is 16.5. The second kappa shape index (κ2) is 6.26. The Labute approximate surface area is 124 Å². The van der Waals surface area contributed by atoms with Crippen LogP contribution in [0.25, 0.3) is 0 Å². The Kier molecular flexibility index (Phi) is 4.20. The van der Waals surface area contributed by atoms with E-state index in [1.165, 1.54) is 0 Å². The number of benzene rings is 1. The van der Waals surface area contributed by atoms with Crippen molar-refractivity contribution < 1.29 is 9.26 Å². The minimum atomic E-state index is 0.0107. The highest BCUT2D eigenvalue weighted by Crippen LogP contribution is 2.31. The van der Waals surface area contributed by atoms with Gasteiger partial charge in [-0.1, -0.05) is 30.3 Å². The maximum atomic E-state index is 5.66. The number of para-hydroxylation sites is 1. The summed E-state index contributed by atoms with van der Waals surface area (Å²) in [6, 6.07) is 9.77. The summed E-state index contributed by atoms with van der Waals surface area (Å²) in [7, 11) is 0. The third-order valence-corrected chi connectivity index (χ3v) is 4.03. The molecule has 0 atom stereocenters. The normalized spacial score (nSPS) is 17.6. The van der Waals surface area contributed by atoms with E-state index in [1.807, 2.05) is 30.3 Å². The Bertz CT molecular complexity index is 562. The van der Waals surface area contributed by atoms with E-state index < -0.39 is 0 Å². The maximum Gasteiger partial charge on any atom is 0.232 e. The Hall–Kier alpha value is -1.88. The van der Waals surface area contributed by atoms with Crippen molar-refractivity contribution in [2.75, 3.05) is 19.7 Å². The minimum Gasteiger partial charge on any atom is -0.493 e. The van der Waals surface area contributed by atoms with Crippen LogP contribution in [0.1, 0.15) is 31.5 Å².